The van der Waals surface area contributed by atoms with E-state index in [0.29, 0.717) is 5.82 Å². The fraction of sp³-hybridized carbons (Fsp3) is 0.342. The van der Waals surface area contributed by atoms with Crippen LogP contribution in [0.4, 0.5) is 22.0 Å². The van der Waals surface area contributed by atoms with Crippen molar-refractivity contribution in [2.45, 2.75) is 82.6 Å². The van der Waals surface area contributed by atoms with Crippen molar-refractivity contribution in [2.24, 2.45) is 0 Å². The first kappa shape index (κ1) is 31.1. The Bertz CT molecular complexity index is 1850. The largest absolute Gasteiger partial charge is 0.323 e. The molecular weight excluding hydrogens is 610 g/mol. The third kappa shape index (κ3) is 5.76. The van der Waals surface area contributed by atoms with Crippen molar-refractivity contribution in [2.75, 3.05) is 0 Å². The molecule has 2 saturated carbocycles. The minimum Gasteiger partial charge on any atom is -0.323 e. The van der Waals surface area contributed by atoms with Crippen LogP contribution in [0.1, 0.15) is 93.0 Å². The molecular formula is C38H36F5N2P. The molecule has 5 aromatic rings. The minimum atomic E-state index is -2.14. The maximum Gasteiger partial charge on any atom is 0.200 e. The van der Waals surface area contributed by atoms with Gasteiger partial charge in [-0.15, -0.1) is 0 Å². The van der Waals surface area contributed by atoms with E-state index in [-0.39, 0.29) is 20.4 Å². The van der Waals surface area contributed by atoms with Crippen LogP contribution in [-0.4, -0.2) is 9.55 Å². The van der Waals surface area contributed by atoms with E-state index in [2.05, 4.69) is 24.3 Å². The van der Waals surface area contributed by atoms with E-state index in [0.717, 1.165) is 103 Å². The monoisotopic (exact) mass is 646 g/mol. The molecule has 2 aliphatic carbocycles. The van der Waals surface area contributed by atoms with Gasteiger partial charge in [-0.1, -0.05) is 114 Å². The zero-order valence-corrected chi connectivity index (χ0v) is 26.6. The van der Waals surface area contributed by atoms with Crippen LogP contribution in [0, 0.1) is 29.1 Å². The molecule has 2 aliphatic rings. The van der Waals surface area contributed by atoms with Gasteiger partial charge in [0.1, 0.15) is 5.82 Å². The first-order valence-corrected chi connectivity index (χ1v) is 17.4. The highest BCUT2D eigenvalue weighted by Gasteiger charge is 2.34. The van der Waals surface area contributed by atoms with Crippen molar-refractivity contribution < 1.29 is 22.0 Å². The smallest absolute Gasteiger partial charge is 0.200 e. The van der Waals surface area contributed by atoms with E-state index in [4.69, 9.17) is 4.98 Å². The molecule has 0 amide bonds. The fourth-order valence-electron chi connectivity index (χ4n) is 7.56. The van der Waals surface area contributed by atoms with Gasteiger partial charge in [-0.25, -0.2) is 26.9 Å². The Labute approximate surface area is 267 Å². The summed E-state index contributed by atoms with van der Waals surface area (Å²) >= 11 is 0. The van der Waals surface area contributed by atoms with Crippen molar-refractivity contribution >= 4 is 30.0 Å². The van der Waals surface area contributed by atoms with Crippen molar-refractivity contribution in [3.63, 3.8) is 0 Å². The van der Waals surface area contributed by atoms with Crippen LogP contribution in [0.15, 0.2) is 66.7 Å². The Morgan fingerprint density at radius 3 is 1.89 bits per heavy atom. The number of rotatable bonds is 7. The summed E-state index contributed by atoms with van der Waals surface area (Å²) in [6.45, 7) is -0.496. The molecule has 0 N–H and O–H groups in total. The predicted octanol–water partition coefficient (Wildman–Crippen LogP) is 10.2. The van der Waals surface area contributed by atoms with Crippen LogP contribution in [-0.2, 0) is 6.54 Å². The summed E-state index contributed by atoms with van der Waals surface area (Å²) in [5.74, 6) is -8.73. The Hall–Kier alpha value is -3.57. The first-order chi connectivity index (χ1) is 22.4. The van der Waals surface area contributed by atoms with Gasteiger partial charge >= 0.3 is 0 Å². The van der Waals surface area contributed by atoms with Gasteiger partial charge < -0.3 is 4.57 Å². The Balaban J connectivity index is 1.53. The molecule has 7 rings (SSSR count). The van der Waals surface area contributed by atoms with Crippen LogP contribution in [0.25, 0.3) is 22.2 Å². The molecule has 0 radical (unpaired) electrons. The first-order valence-electron chi connectivity index (χ1n) is 16.4. The number of imidazole rings is 1. The number of benzene rings is 4. The SMILES string of the molecule is Fc1c(F)c(F)c(Cn2c(-c3c(Pc4ccccc4)ccc4ccccc34)nc(C3CCCCC3)c2C2CCCCC2)c(F)c1F. The molecule has 1 heterocycles. The molecule has 46 heavy (non-hydrogen) atoms. The molecule has 8 heteroatoms. The standard InChI is InChI=1S/C38H36F5N2P/c39-31-28(32(40)34(42)35(43)33(31)41)22-45-37(25-15-6-2-7-16-25)36(24-13-4-1-5-14-24)44-38(45)30-27-19-11-10-12-23(27)20-21-29(30)46-26-17-8-3-9-18-26/h3,8-12,17-21,24-25,46H,1-2,4-7,13-16,22H2. The maximum atomic E-state index is 15.4. The molecule has 2 nitrogen and oxygen atoms in total. The summed E-state index contributed by atoms with van der Waals surface area (Å²) in [4.78, 5) is 5.41. The average molecular weight is 647 g/mol. The van der Waals surface area contributed by atoms with Crippen molar-refractivity contribution in [3.05, 3.63) is 113 Å². The molecule has 0 spiro atoms. The topological polar surface area (TPSA) is 17.8 Å². The Kier molecular flexibility index (Phi) is 8.96. The molecule has 238 valence electrons. The van der Waals surface area contributed by atoms with E-state index in [1.54, 1.807) is 0 Å². The minimum absolute atomic E-state index is 0.0863. The van der Waals surface area contributed by atoms with Gasteiger partial charge in [0, 0.05) is 28.7 Å². The van der Waals surface area contributed by atoms with Crippen molar-refractivity contribution in [1.82, 2.24) is 9.55 Å². The third-order valence-corrected chi connectivity index (χ3v) is 11.1. The van der Waals surface area contributed by atoms with E-state index in [1.165, 1.54) is 0 Å². The lowest BCUT2D eigenvalue weighted by atomic mass is 9.80. The molecule has 0 bridgehead atoms. The summed E-state index contributed by atoms with van der Waals surface area (Å²) in [7, 11) is 0.266. The van der Waals surface area contributed by atoms with Crippen LogP contribution in [0.3, 0.4) is 0 Å². The summed E-state index contributed by atoms with van der Waals surface area (Å²) < 4.78 is 76.1. The highest BCUT2D eigenvalue weighted by molar-refractivity contribution is 7.55. The summed E-state index contributed by atoms with van der Waals surface area (Å²) in [6, 6.07) is 22.2. The number of aromatic nitrogens is 2. The van der Waals surface area contributed by atoms with Gasteiger partial charge in [-0.05, 0) is 47.1 Å². The second-order valence-electron chi connectivity index (χ2n) is 12.7. The second kappa shape index (κ2) is 13.3. The molecule has 1 unspecified atom stereocenters. The lowest BCUT2D eigenvalue weighted by Gasteiger charge is -2.28. The van der Waals surface area contributed by atoms with E-state index < -0.39 is 41.2 Å². The van der Waals surface area contributed by atoms with Crippen molar-refractivity contribution in [1.29, 1.82) is 0 Å². The van der Waals surface area contributed by atoms with Gasteiger partial charge in [0.15, 0.2) is 23.3 Å². The Morgan fingerprint density at radius 1 is 0.630 bits per heavy atom. The molecule has 1 atom stereocenters. The average Bonchev–Trinajstić information content (AvgIpc) is 3.48. The molecule has 1 aromatic heterocycles. The highest BCUT2D eigenvalue weighted by Crippen LogP contribution is 2.44. The summed E-state index contributed by atoms with van der Waals surface area (Å²) in [5, 5.41) is 4.07. The lowest BCUT2D eigenvalue weighted by molar-refractivity contribution is 0.366. The highest BCUT2D eigenvalue weighted by atomic mass is 31.1. The number of halogens is 5. The number of fused-ring (bicyclic) bond motifs is 1. The number of hydrogen-bond acceptors (Lipinski definition) is 1. The number of hydrogen-bond donors (Lipinski definition) is 0. The van der Waals surface area contributed by atoms with E-state index >= 15 is 8.78 Å². The zero-order valence-electron chi connectivity index (χ0n) is 25.6. The van der Waals surface area contributed by atoms with Gasteiger partial charge in [-0.3, -0.25) is 0 Å². The molecule has 0 saturated heterocycles. The van der Waals surface area contributed by atoms with Crippen molar-refractivity contribution in [3.8, 4) is 11.4 Å². The fourth-order valence-corrected chi connectivity index (χ4v) is 8.77. The molecule has 2 fully saturated rings. The quantitative estimate of drug-likeness (QED) is 0.0745. The summed E-state index contributed by atoms with van der Waals surface area (Å²) in [6.07, 6.45) is 10.2. The normalized spacial score (nSPS) is 16.6. The second-order valence-corrected chi connectivity index (χ2v) is 14.1. The molecule has 4 aromatic carbocycles. The van der Waals surface area contributed by atoms with Crippen LogP contribution in [0.2, 0.25) is 0 Å². The van der Waals surface area contributed by atoms with Crippen LogP contribution in [0.5, 0.6) is 0 Å². The maximum absolute atomic E-state index is 15.4. The van der Waals surface area contributed by atoms with Gasteiger partial charge in [0.2, 0.25) is 5.82 Å². The van der Waals surface area contributed by atoms with Gasteiger partial charge in [0.25, 0.3) is 0 Å². The van der Waals surface area contributed by atoms with Gasteiger partial charge in [0.05, 0.1) is 12.2 Å². The van der Waals surface area contributed by atoms with Gasteiger partial charge in [-0.2, -0.15) is 0 Å². The number of nitrogens with zero attached hydrogens (tertiary/aromatic N) is 2. The molecule has 0 aliphatic heterocycles. The summed E-state index contributed by atoms with van der Waals surface area (Å²) in [5.41, 5.74) is 1.87. The van der Waals surface area contributed by atoms with Crippen LogP contribution >= 0.6 is 8.58 Å². The van der Waals surface area contributed by atoms with Crippen LogP contribution < -0.4 is 10.6 Å². The third-order valence-electron chi connectivity index (χ3n) is 9.84. The lowest BCUT2D eigenvalue weighted by Crippen LogP contribution is -2.19. The Morgan fingerprint density at radius 2 is 1.22 bits per heavy atom. The zero-order chi connectivity index (χ0) is 31.8. The van der Waals surface area contributed by atoms with E-state index in [1.807, 2.05) is 47.0 Å². The van der Waals surface area contributed by atoms with E-state index in [9.17, 15) is 13.2 Å². The predicted molar refractivity (Wildman–Crippen MR) is 176 cm³/mol.